The van der Waals surface area contributed by atoms with Crippen LogP contribution in [0.25, 0.3) is 10.9 Å². The molecule has 1 N–H and O–H groups in total. The average Bonchev–Trinajstić information content (AvgIpc) is 2.74. The number of aromatic nitrogens is 1. The van der Waals surface area contributed by atoms with E-state index in [0.717, 1.165) is 10.9 Å². The summed E-state index contributed by atoms with van der Waals surface area (Å²) in [5.74, 6) is 0.0161. The number of hydrogen-bond donors (Lipinski definition) is 1. The van der Waals surface area contributed by atoms with E-state index in [9.17, 15) is 14.0 Å². The summed E-state index contributed by atoms with van der Waals surface area (Å²) in [6, 6.07) is 13.3. The minimum Gasteiger partial charge on any atom is -0.484 e. The molecule has 0 saturated carbocycles. The van der Waals surface area contributed by atoms with Gasteiger partial charge in [0.2, 0.25) is 0 Å². The van der Waals surface area contributed by atoms with E-state index in [1.165, 1.54) is 12.1 Å². The van der Waals surface area contributed by atoms with Crippen molar-refractivity contribution < 1.29 is 18.7 Å². The van der Waals surface area contributed by atoms with Gasteiger partial charge in [-0.2, -0.15) is 0 Å². The van der Waals surface area contributed by atoms with E-state index in [2.05, 4.69) is 5.32 Å². The Balaban J connectivity index is 1.95. The fourth-order valence-corrected chi connectivity index (χ4v) is 3.43. The van der Waals surface area contributed by atoms with E-state index < -0.39 is 0 Å². The Morgan fingerprint density at radius 1 is 1.16 bits per heavy atom. The molecule has 1 heterocycles. The van der Waals surface area contributed by atoms with Crippen molar-refractivity contribution in [1.82, 2.24) is 9.88 Å². The third kappa shape index (κ3) is 5.70. The van der Waals surface area contributed by atoms with Crippen molar-refractivity contribution in [1.29, 1.82) is 0 Å². The zero-order valence-corrected chi connectivity index (χ0v) is 18.0. The summed E-state index contributed by atoms with van der Waals surface area (Å²) in [5, 5.41) is 3.61. The van der Waals surface area contributed by atoms with Crippen LogP contribution >= 0.6 is 0 Å². The number of fused-ring (bicyclic) bond motifs is 1. The molecular weight excluding hydrogens is 399 g/mol. The smallest absolute Gasteiger partial charge is 0.258 e. The molecule has 7 heteroatoms. The number of nitrogens with one attached hydrogen (secondary N) is 1. The van der Waals surface area contributed by atoms with Crippen LogP contribution in [0.4, 0.5) is 4.39 Å². The van der Waals surface area contributed by atoms with Gasteiger partial charge < -0.3 is 19.4 Å². The zero-order valence-electron chi connectivity index (χ0n) is 18.0. The maximum atomic E-state index is 13.7. The number of rotatable bonds is 9. The van der Waals surface area contributed by atoms with Crippen molar-refractivity contribution >= 4 is 16.8 Å². The van der Waals surface area contributed by atoms with Crippen LogP contribution in [0, 0.1) is 5.82 Å². The minimum atomic E-state index is -0.350. The van der Waals surface area contributed by atoms with Crippen LogP contribution < -0.4 is 15.6 Å². The Hall–Kier alpha value is -3.19. The normalized spacial score (nSPS) is 11.1. The van der Waals surface area contributed by atoms with E-state index in [1.807, 2.05) is 19.9 Å². The Labute approximate surface area is 180 Å². The monoisotopic (exact) mass is 426 g/mol. The van der Waals surface area contributed by atoms with Crippen molar-refractivity contribution in [2.75, 3.05) is 26.9 Å². The van der Waals surface area contributed by atoms with Crippen molar-refractivity contribution in [2.45, 2.75) is 26.3 Å². The van der Waals surface area contributed by atoms with Crippen LogP contribution in [0.3, 0.4) is 0 Å². The Kier molecular flexibility index (Phi) is 7.41. The van der Waals surface area contributed by atoms with Crippen LogP contribution in [0.2, 0.25) is 0 Å². The highest BCUT2D eigenvalue weighted by atomic mass is 19.1. The van der Waals surface area contributed by atoms with Gasteiger partial charge in [0.05, 0.1) is 18.7 Å². The number of pyridine rings is 1. The van der Waals surface area contributed by atoms with Crippen LogP contribution in [-0.2, 0) is 16.1 Å². The fraction of sp³-hybridized carbons (Fsp3) is 0.333. The van der Waals surface area contributed by atoms with Crippen molar-refractivity contribution in [3.63, 3.8) is 0 Å². The van der Waals surface area contributed by atoms with Gasteiger partial charge in [-0.05, 0) is 41.3 Å². The van der Waals surface area contributed by atoms with Crippen LogP contribution in [0.1, 0.15) is 30.9 Å². The van der Waals surface area contributed by atoms with Gasteiger partial charge in [-0.1, -0.05) is 26.0 Å². The molecule has 0 atom stereocenters. The van der Waals surface area contributed by atoms with Crippen molar-refractivity contribution in [3.05, 3.63) is 75.8 Å². The lowest BCUT2D eigenvalue weighted by atomic mass is 9.98. The number of amides is 1. The number of benzene rings is 2. The average molecular weight is 426 g/mol. The largest absolute Gasteiger partial charge is 0.484 e. The molecule has 0 aliphatic heterocycles. The number of nitrogens with zero attached hydrogens (tertiary/aromatic N) is 1. The number of carbonyl (C=O) groups is 1. The molecule has 1 amide bonds. The quantitative estimate of drug-likeness (QED) is 0.532. The zero-order chi connectivity index (χ0) is 22.4. The molecular formula is C24H27FN2O4. The second-order valence-electron chi connectivity index (χ2n) is 7.62. The molecule has 0 spiro atoms. The standard InChI is InChI=1S/C24H27FN2O4/c1-16(2)21-13-24(29)27(14-17-5-4-6-18(25)11-17)22-12-19(7-8-20(21)22)31-15-23(28)26-9-10-30-3/h4-8,11-13,16H,9-10,14-15H2,1-3H3,(H,26,28). The van der Waals surface area contributed by atoms with E-state index in [0.29, 0.717) is 30.0 Å². The van der Waals surface area contributed by atoms with Gasteiger partial charge in [0, 0.05) is 31.2 Å². The molecule has 0 bridgehead atoms. The number of carbonyl (C=O) groups excluding carboxylic acids is 1. The van der Waals surface area contributed by atoms with Gasteiger partial charge in [-0.15, -0.1) is 0 Å². The fourth-order valence-electron chi connectivity index (χ4n) is 3.43. The summed E-state index contributed by atoms with van der Waals surface area (Å²) in [6.45, 7) is 4.97. The van der Waals surface area contributed by atoms with E-state index in [4.69, 9.17) is 9.47 Å². The number of ether oxygens (including phenoxy) is 2. The topological polar surface area (TPSA) is 69.6 Å². The molecule has 0 fully saturated rings. The summed E-state index contributed by atoms with van der Waals surface area (Å²) in [7, 11) is 1.56. The Morgan fingerprint density at radius 2 is 1.97 bits per heavy atom. The molecule has 3 aromatic rings. The van der Waals surface area contributed by atoms with Gasteiger partial charge in [-0.25, -0.2) is 4.39 Å². The predicted molar refractivity (Wildman–Crippen MR) is 118 cm³/mol. The molecule has 0 saturated heterocycles. The molecule has 2 aromatic carbocycles. The number of halogens is 1. The third-order valence-electron chi connectivity index (χ3n) is 4.97. The van der Waals surface area contributed by atoms with Crippen molar-refractivity contribution in [3.8, 4) is 5.75 Å². The summed E-state index contributed by atoms with van der Waals surface area (Å²) < 4.78 is 25.8. The van der Waals surface area contributed by atoms with Crippen LogP contribution in [0.15, 0.2) is 53.3 Å². The summed E-state index contributed by atoms with van der Waals surface area (Å²) in [4.78, 5) is 24.8. The highest BCUT2D eigenvalue weighted by Gasteiger charge is 2.14. The molecule has 31 heavy (non-hydrogen) atoms. The minimum absolute atomic E-state index is 0.146. The lowest BCUT2D eigenvalue weighted by Crippen LogP contribution is -2.31. The first-order valence-corrected chi connectivity index (χ1v) is 10.2. The molecule has 0 radical (unpaired) electrons. The first-order valence-electron chi connectivity index (χ1n) is 10.2. The second kappa shape index (κ2) is 10.2. The Morgan fingerprint density at radius 3 is 2.68 bits per heavy atom. The molecule has 6 nitrogen and oxygen atoms in total. The number of hydrogen-bond acceptors (Lipinski definition) is 4. The van der Waals surface area contributed by atoms with E-state index in [1.54, 1.807) is 42.0 Å². The van der Waals surface area contributed by atoms with Crippen molar-refractivity contribution in [2.24, 2.45) is 0 Å². The third-order valence-corrected chi connectivity index (χ3v) is 4.97. The molecule has 3 rings (SSSR count). The summed E-state index contributed by atoms with van der Waals surface area (Å²) in [5.41, 5.74) is 2.12. The maximum Gasteiger partial charge on any atom is 0.258 e. The SMILES string of the molecule is COCCNC(=O)COc1ccc2c(C(C)C)cc(=O)n(Cc3cccc(F)c3)c2c1. The summed E-state index contributed by atoms with van der Waals surface area (Å²) in [6.07, 6.45) is 0. The van der Waals surface area contributed by atoms with Crippen LogP contribution in [0.5, 0.6) is 5.75 Å². The number of methoxy groups -OCH3 is 1. The highest BCUT2D eigenvalue weighted by molar-refractivity contribution is 5.85. The van der Waals surface area contributed by atoms with Gasteiger partial charge in [-0.3, -0.25) is 9.59 Å². The predicted octanol–water partition coefficient (Wildman–Crippen LogP) is 3.45. The summed E-state index contributed by atoms with van der Waals surface area (Å²) >= 11 is 0. The van der Waals surface area contributed by atoms with E-state index in [-0.39, 0.29) is 36.4 Å². The second-order valence-corrected chi connectivity index (χ2v) is 7.62. The Bertz CT molecular complexity index is 1120. The van der Waals surface area contributed by atoms with Gasteiger partial charge >= 0.3 is 0 Å². The molecule has 0 aliphatic rings. The van der Waals surface area contributed by atoms with Crippen LogP contribution in [-0.4, -0.2) is 37.3 Å². The lowest BCUT2D eigenvalue weighted by Gasteiger charge is -2.17. The van der Waals surface area contributed by atoms with Gasteiger partial charge in [0.15, 0.2) is 6.61 Å². The molecule has 0 unspecified atom stereocenters. The molecule has 0 aliphatic carbocycles. The highest BCUT2D eigenvalue weighted by Crippen LogP contribution is 2.27. The lowest BCUT2D eigenvalue weighted by molar-refractivity contribution is -0.123. The molecule has 1 aromatic heterocycles. The van der Waals surface area contributed by atoms with E-state index >= 15 is 0 Å². The van der Waals surface area contributed by atoms with Gasteiger partial charge in [0.1, 0.15) is 11.6 Å². The molecule has 164 valence electrons. The maximum absolute atomic E-state index is 13.7. The first kappa shape index (κ1) is 22.5. The first-order chi connectivity index (χ1) is 14.9. The van der Waals surface area contributed by atoms with Gasteiger partial charge in [0.25, 0.3) is 11.5 Å².